The van der Waals surface area contributed by atoms with Gasteiger partial charge in [0.25, 0.3) is 0 Å². The molecular formula is C13H8N6O5. The van der Waals surface area contributed by atoms with Crippen molar-refractivity contribution < 1.29 is 19.1 Å². The lowest BCUT2D eigenvalue weighted by atomic mass is 10.2. The van der Waals surface area contributed by atoms with Gasteiger partial charge in [-0.1, -0.05) is 0 Å². The van der Waals surface area contributed by atoms with E-state index in [1.807, 2.05) is 6.07 Å². The lowest BCUT2D eigenvalue weighted by Gasteiger charge is -2.08. The predicted molar refractivity (Wildman–Crippen MR) is 78.3 cm³/mol. The molecule has 2 heterocycles. The number of ether oxygens (including phenoxy) is 1. The van der Waals surface area contributed by atoms with Gasteiger partial charge in [-0.3, -0.25) is 10.1 Å². The van der Waals surface area contributed by atoms with E-state index in [-0.39, 0.29) is 39.4 Å². The molecule has 11 nitrogen and oxygen atoms in total. The van der Waals surface area contributed by atoms with Gasteiger partial charge in [-0.25, -0.2) is 9.42 Å². The van der Waals surface area contributed by atoms with Gasteiger partial charge in [-0.15, -0.1) is 0 Å². The monoisotopic (exact) mass is 328 g/mol. The van der Waals surface area contributed by atoms with Crippen molar-refractivity contribution in [3.05, 3.63) is 39.7 Å². The molecule has 0 spiro atoms. The molecule has 3 rings (SSSR count). The molecule has 1 aromatic carbocycles. The summed E-state index contributed by atoms with van der Waals surface area (Å²) in [5, 5.41) is 27.3. The molecule has 2 aromatic heterocycles. The summed E-state index contributed by atoms with van der Waals surface area (Å²) in [5.74, 6) is -0.781. The Morgan fingerprint density at radius 2 is 2.17 bits per heavy atom. The normalized spacial score (nSPS) is 10.5. The highest BCUT2D eigenvalue weighted by atomic mass is 16.6. The predicted octanol–water partition coefficient (Wildman–Crippen LogP) is 1.16. The Balaban J connectivity index is 2.35. The molecule has 0 bridgehead atoms. The van der Waals surface area contributed by atoms with Crippen molar-refractivity contribution in [2.45, 2.75) is 0 Å². The van der Waals surface area contributed by atoms with Crippen LogP contribution < -0.4 is 5.73 Å². The van der Waals surface area contributed by atoms with Gasteiger partial charge in [-0.05, 0) is 16.4 Å². The van der Waals surface area contributed by atoms with Gasteiger partial charge >= 0.3 is 11.7 Å². The van der Waals surface area contributed by atoms with Crippen LogP contribution in [0.4, 0.5) is 11.4 Å². The number of aromatic nitrogens is 3. The molecule has 11 heteroatoms. The van der Waals surface area contributed by atoms with Crippen molar-refractivity contribution in [1.82, 2.24) is 14.9 Å². The Morgan fingerprint density at radius 1 is 1.46 bits per heavy atom. The molecule has 0 radical (unpaired) electrons. The van der Waals surface area contributed by atoms with E-state index in [1.165, 1.54) is 22.9 Å². The maximum atomic E-state index is 12.0. The smallest absolute Gasteiger partial charge is 0.357 e. The number of nitriles is 1. The van der Waals surface area contributed by atoms with Crippen LogP contribution in [0.5, 0.6) is 0 Å². The SMILES string of the molecule is COC(=O)c1c(N)c(C#N)cn1-c1ccc([N+](=O)[O-])c2nonc12. The first-order valence-corrected chi connectivity index (χ1v) is 6.38. The van der Waals surface area contributed by atoms with Gasteiger partial charge in [0.1, 0.15) is 6.07 Å². The number of non-ortho nitro benzene ring substituents is 1. The van der Waals surface area contributed by atoms with Crippen molar-refractivity contribution in [3.8, 4) is 11.8 Å². The largest absolute Gasteiger partial charge is 0.464 e. The minimum Gasteiger partial charge on any atom is -0.464 e. The molecule has 0 amide bonds. The maximum absolute atomic E-state index is 12.0. The number of hydrogen-bond donors (Lipinski definition) is 1. The third-order valence-corrected chi connectivity index (χ3v) is 3.37. The number of benzene rings is 1. The zero-order chi connectivity index (χ0) is 17.4. The second-order valence-corrected chi connectivity index (χ2v) is 4.60. The fourth-order valence-electron chi connectivity index (χ4n) is 2.29. The van der Waals surface area contributed by atoms with Crippen LogP contribution in [0, 0.1) is 21.4 Å². The van der Waals surface area contributed by atoms with Crippen LogP contribution in [0.3, 0.4) is 0 Å². The van der Waals surface area contributed by atoms with Gasteiger partial charge < -0.3 is 15.0 Å². The number of nitrogen functional groups attached to an aromatic ring is 1. The van der Waals surface area contributed by atoms with Crippen LogP contribution in [0.15, 0.2) is 23.0 Å². The standard InChI is InChI=1S/C13H8N6O5/c1-23-13(20)12-9(15)6(4-14)5-18(12)7-2-3-8(19(21)22)11-10(7)16-24-17-11/h2-3,5H,15H2,1H3. The molecule has 24 heavy (non-hydrogen) atoms. The molecular weight excluding hydrogens is 320 g/mol. The Morgan fingerprint density at radius 3 is 2.79 bits per heavy atom. The van der Waals surface area contributed by atoms with E-state index >= 15 is 0 Å². The number of methoxy groups -OCH3 is 1. The third-order valence-electron chi connectivity index (χ3n) is 3.37. The van der Waals surface area contributed by atoms with Crippen molar-refractivity contribution in [1.29, 1.82) is 5.26 Å². The van der Waals surface area contributed by atoms with E-state index in [0.29, 0.717) is 0 Å². The number of nitrogens with zero attached hydrogens (tertiary/aromatic N) is 5. The van der Waals surface area contributed by atoms with Crippen LogP contribution in [0.25, 0.3) is 16.7 Å². The van der Waals surface area contributed by atoms with Gasteiger partial charge in [0.05, 0.1) is 29.0 Å². The summed E-state index contributed by atoms with van der Waals surface area (Å²) in [6, 6.07) is 4.39. The summed E-state index contributed by atoms with van der Waals surface area (Å²) in [6.45, 7) is 0. The average Bonchev–Trinajstić information content (AvgIpc) is 3.17. The molecule has 0 fully saturated rings. The van der Waals surface area contributed by atoms with Crippen LogP contribution in [-0.4, -0.2) is 32.9 Å². The lowest BCUT2D eigenvalue weighted by molar-refractivity contribution is -0.383. The number of nitro benzene ring substituents is 1. The number of nitrogens with two attached hydrogens (primary N) is 1. The quantitative estimate of drug-likeness (QED) is 0.422. The zero-order valence-electron chi connectivity index (χ0n) is 12.1. The van der Waals surface area contributed by atoms with Crippen molar-refractivity contribution in [3.63, 3.8) is 0 Å². The third kappa shape index (κ3) is 2.02. The first kappa shape index (κ1) is 15.0. The number of fused-ring (bicyclic) bond motifs is 1. The van der Waals surface area contributed by atoms with E-state index in [0.717, 1.165) is 7.11 Å². The van der Waals surface area contributed by atoms with Gasteiger partial charge in [-0.2, -0.15) is 5.26 Å². The summed E-state index contributed by atoms with van der Waals surface area (Å²) < 4.78 is 10.5. The molecule has 0 aliphatic carbocycles. The highest BCUT2D eigenvalue weighted by Crippen LogP contribution is 2.31. The first-order valence-electron chi connectivity index (χ1n) is 6.38. The molecule has 0 aliphatic heterocycles. The van der Waals surface area contributed by atoms with Gasteiger partial charge in [0.2, 0.25) is 5.52 Å². The Bertz CT molecular complexity index is 1030. The fraction of sp³-hybridized carbons (Fsp3) is 0.0769. The number of hydrogen-bond acceptors (Lipinski definition) is 9. The van der Waals surface area contributed by atoms with E-state index in [4.69, 9.17) is 11.0 Å². The number of anilines is 1. The summed E-state index contributed by atoms with van der Waals surface area (Å²) >= 11 is 0. The van der Waals surface area contributed by atoms with Crippen molar-refractivity contribution in [2.75, 3.05) is 12.8 Å². The molecule has 0 saturated carbocycles. The second kappa shape index (κ2) is 5.36. The molecule has 0 aliphatic rings. The summed E-state index contributed by atoms with van der Waals surface area (Å²) in [5.41, 5.74) is 5.53. The summed E-state index contributed by atoms with van der Waals surface area (Å²) in [7, 11) is 1.16. The molecule has 2 N–H and O–H groups in total. The number of rotatable bonds is 3. The summed E-state index contributed by atoms with van der Waals surface area (Å²) in [6.07, 6.45) is 1.30. The van der Waals surface area contributed by atoms with Crippen molar-refractivity contribution in [2.24, 2.45) is 0 Å². The van der Waals surface area contributed by atoms with Crippen LogP contribution in [0.2, 0.25) is 0 Å². The van der Waals surface area contributed by atoms with Gasteiger partial charge in [0.15, 0.2) is 11.2 Å². The van der Waals surface area contributed by atoms with E-state index in [1.54, 1.807) is 0 Å². The number of carbonyl (C=O) groups excluding carboxylic acids is 1. The minimum atomic E-state index is -0.781. The Labute approximate surface area is 132 Å². The number of carbonyl (C=O) groups is 1. The maximum Gasteiger partial charge on any atom is 0.357 e. The summed E-state index contributed by atoms with van der Waals surface area (Å²) in [4.78, 5) is 22.4. The van der Waals surface area contributed by atoms with Gasteiger partial charge in [0, 0.05) is 12.3 Å². The average molecular weight is 328 g/mol. The van der Waals surface area contributed by atoms with Crippen molar-refractivity contribution >= 4 is 28.4 Å². The van der Waals surface area contributed by atoms with E-state index < -0.39 is 10.9 Å². The highest BCUT2D eigenvalue weighted by molar-refractivity contribution is 5.98. The Kier molecular flexibility index (Phi) is 3.34. The molecule has 0 unspecified atom stereocenters. The number of nitro groups is 1. The molecule has 120 valence electrons. The van der Waals surface area contributed by atoms with E-state index in [9.17, 15) is 14.9 Å². The lowest BCUT2D eigenvalue weighted by Crippen LogP contribution is -2.11. The minimum absolute atomic E-state index is 0.0360. The highest BCUT2D eigenvalue weighted by Gasteiger charge is 2.26. The second-order valence-electron chi connectivity index (χ2n) is 4.60. The van der Waals surface area contributed by atoms with Crippen LogP contribution in [-0.2, 0) is 4.74 Å². The fourth-order valence-corrected chi connectivity index (χ4v) is 2.29. The zero-order valence-corrected chi connectivity index (χ0v) is 12.1. The molecule has 3 aromatic rings. The van der Waals surface area contributed by atoms with Crippen LogP contribution in [0.1, 0.15) is 16.1 Å². The number of esters is 1. The first-order chi connectivity index (χ1) is 11.5. The van der Waals surface area contributed by atoms with Crippen LogP contribution >= 0.6 is 0 Å². The molecule has 0 saturated heterocycles. The topological polar surface area (TPSA) is 163 Å². The molecule has 0 atom stereocenters. The Hall–Kier alpha value is -3.94. The van der Waals surface area contributed by atoms with E-state index in [2.05, 4.69) is 19.7 Å².